The highest BCUT2D eigenvalue weighted by Crippen LogP contribution is 2.28. The van der Waals surface area contributed by atoms with E-state index in [0.29, 0.717) is 23.2 Å². The molecule has 0 atom stereocenters. The smallest absolute Gasteiger partial charge is 0.194 e. The van der Waals surface area contributed by atoms with Gasteiger partial charge in [0.25, 0.3) is 0 Å². The first kappa shape index (κ1) is 14.4. The van der Waals surface area contributed by atoms with Gasteiger partial charge in [-0.25, -0.2) is 13.2 Å². The number of nitrogens with one attached hydrogen (secondary N) is 1. The molecule has 21 heavy (non-hydrogen) atoms. The molecule has 1 saturated carbocycles. The maximum Gasteiger partial charge on any atom is 0.194 e. The molecule has 0 aromatic heterocycles. The van der Waals surface area contributed by atoms with Gasteiger partial charge in [0.1, 0.15) is 0 Å². The average molecular weight is 312 g/mol. The fourth-order valence-corrected chi connectivity index (χ4v) is 2.38. The lowest BCUT2D eigenvalue weighted by Gasteiger charge is -2.09. The monoisotopic (exact) mass is 311 g/mol. The van der Waals surface area contributed by atoms with Gasteiger partial charge in [0.05, 0.1) is 0 Å². The summed E-state index contributed by atoms with van der Waals surface area (Å²) in [6.07, 6.45) is 2.37. The van der Waals surface area contributed by atoms with Gasteiger partial charge in [-0.05, 0) is 47.7 Å². The molecule has 0 heterocycles. The summed E-state index contributed by atoms with van der Waals surface area (Å²) in [5, 5.41) is 3.86. The Kier molecular flexibility index (Phi) is 3.91. The molecule has 0 spiro atoms. The predicted molar refractivity (Wildman–Crippen MR) is 76.6 cm³/mol. The first-order chi connectivity index (χ1) is 10.0. The lowest BCUT2D eigenvalue weighted by atomic mass is 10.0. The maximum atomic E-state index is 13.3. The van der Waals surface area contributed by atoms with Crippen molar-refractivity contribution in [2.45, 2.75) is 25.4 Å². The van der Waals surface area contributed by atoms with Crippen LogP contribution in [0, 0.1) is 17.5 Å². The van der Waals surface area contributed by atoms with Gasteiger partial charge in [-0.15, -0.1) is 0 Å². The van der Waals surface area contributed by atoms with Gasteiger partial charge in [-0.2, -0.15) is 0 Å². The summed E-state index contributed by atoms with van der Waals surface area (Å²) >= 11 is 6.19. The fraction of sp³-hybridized carbons (Fsp3) is 0.250. The first-order valence-corrected chi connectivity index (χ1v) is 7.09. The SMILES string of the molecule is Fc1cc(-c2ccc(CNC3CC3)c(Cl)c2)cc(F)c1F. The van der Waals surface area contributed by atoms with E-state index in [1.54, 1.807) is 12.1 Å². The first-order valence-electron chi connectivity index (χ1n) is 6.71. The predicted octanol–water partition coefficient (Wildman–Crippen LogP) is 4.68. The quantitative estimate of drug-likeness (QED) is 0.809. The Hall–Kier alpha value is -1.52. The molecule has 0 radical (unpaired) electrons. The summed E-state index contributed by atoms with van der Waals surface area (Å²) in [5.41, 5.74) is 1.73. The van der Waals surface area contributed by atoms with Gasteiger partial charge in [0.15, 0.2) is 17.5 Å². The van der Waals surface area contributed by atoms with Crippen LogP contribution in [-0.2, 0) is 6.54 Å². The van der Waals surface area contributed by atoms with Gasteiger partial charge in [0, 0.05) is 17.6 Å². The van der Waals surface area contributed by atoms with Crippen LogP contribution in [-0.4, -0.2) is 6.04 Å². The van der Waals surface area contributed by atoms with Crippen LogP contribution in [0.15, 0.2) is 30.3 Å². The second-order valence-electron chi connectivity index (χ2n) is 5.22. The molecule has 2 aromatic rings. The van der Waals surface area contributed by atoms with Crippen LogP contribution in [0.5, 0.6) is 0 Å². The van der Waals surface area contributed by atoms with Gasteiger partial charge in [-0.1, -0.05) is 23.7 Å². The summed E-state index contributed by atoms with van der Waals surface area (Å²) in [6, 6.07) is 7.67. The second kappa shape index (κ2) is 5.70. The number of hydrogen-bond acceptors (Lipinski definition) is 1. The van der Waals surface area contributed by atoms with Gasteiger partial charge >= 0.3 is 0 Å². The van der Waals surface area contributed by atoms with Crippen LogP contribution in [0.25, 0.3) is 11.1 Å². The van der Waals surface area contributed by atoms with Crippen molar-refractivity contribution >= 4 is 11.6 Å². The Morgan fingerprint density at radius 2 is 1.67 bits per heavy atom. The minimum atomic E-state index is -1.46. The molecule has 0 aliphatic heterocycles. The number of rotatable bonds is 4. The molecular formula is C16H13ClF3N. The van der Waals surface area contributed by atoms with E-state index in [2.05, 4.69) is 5.32 Å². The van der Waals surface area contributed by atoms with E-state index in [9.17, 15) is 13.2 Å². The van der Waals surface area contributed by atoms with E-state index in [4.69, 9.17) is 11.6 Å². The zero-order valence-electron chi connectivity index (χ0n) is 11.1. The molecule has 5 heteroatoms. The average Bonchev–Trinajstić information content (AvgIpc) is 3.27. The Bertz CT molecular complexity index is 660. The fourth-order valence-electron chi connectivity index (χ4n) is 2.13. The zero-order valence-corrected chi connectivity index (χ0v) is 11.9. The summed E-state index contributed by atoms with van der Waals surface area (Å²) in [7, 11) is 0. The van der Waals surface area contributed by atoms with Gasteiger partial charge < -0.3 is 5.32 Å². The van der Waals surface area contributed by atoms with E-state index in [1.807, 2.05) is 6.07 Å². The topological polar surface area (TPSA) is 12.0 Å². The Balaban J connectivity index is 1.86. The van der Waals surface area contributed by atoms with Crippen LogP contribution in [0.1, 0.15) is 18.4 Å². The normalized spacial score (nSPS) is 14.5. The minimum Gasteiger partial charge on any atom is -0.310 e. The highest BCUT2D eigenvalue weighted by molar-refractivity contribution is 6.31. The molecule has 0 saturated heterocycles. The van der Waals surface area contributed by atoms with Crippen molar-refractivity contribution < 1.29 is 13.2 Å². The molecule has 1 aliphatic rings. The molecule has 2 aromatic carbocycles. The van der Waals surface area contributed by atoms with E-state index < -0.39 is 17.5 Å². The highest BCUT2D eigenvalue weighted by atomic mass is 35.5. The Labute approximate surface area is 125 Å². The van der Waals surface area contributed by atoms with Gasteiger partial charge in [0.2, 0.25) is 0 Å². The lowest BCUT2D eigenvalue weighted by Crippen LogP contribution is -2.15. The maximum absolute atomic E-state index is 13.3. The molecule has 1 nitrogen and oxygen atoms in total. The number of halogens is 4. The van der Waals surface area contributed by atoms with Crippen molar-refractivity contribution in [2.24, 2.45) is 0 Å². The zero-order chi connectivity index (χ0) is 15.0. The summed E-state index contributed by atoms with van der Waals surface area (Å²) < 4.78 is 39.5. The molecule has 1 N–H and O–H groups in total. The van der Waals surface area contributed by atoms with Crippen LogP contribution in [0.2, 0.25) is 5.02 Å². The van der Waals surface area contributed by atoms with E-state index in [-0.39, 0.29) is 5.56 Å². The molecule has 0 amide bonds. The summed E-state index contributed by atoms with van der Waals surface area (Å²) in [6.45, 7) is 0.663. The summed E-state index contributed by atoms with van der Waals surface area (Å²) in [5.74, 6) is -3.88. The van der Waals surface area contributed by atoms with Crippen molar-refractivity contribution in [3.05, 3.63) is 58.4 Å². The largest absolute Gasteiger partial charge is 0.310 e. The molecule has 3 rings (SSSR count). The minimum absolute atomic E-state index is 0.259. The molecule has 110 valence electrons. The molecule has 1 fully saturated rings. The molecule has 0 unspecified atom stereocenters. The second-order valence-corrected chi connectivity index (χ2v) is 5.62. The van der Waals surface area contributed by atoms with Crippen molar-refractivity contribution in [3.63, 3.8) is 0 Å². The van der Waals surface area contributed by atoms with Crippen molar-refractivity contribution in [2.75, 3.05) is 0 Å². The van der Waals surface area contributed by atoms with Crippen LogP contribution in [0.3, 0.4) is 0 Å². The van der Waals surface area contributed by atoms with Crippen LogP contribution < -0.4 is 5.32 Å². The third-order valence-corrected chi connectivity index (χ3v) is 3.88. The Morgan fingerprint density at radius 1 is 1.00 bits per heavy atom. The van der Waals surface area contributed by atoms with Crippen LogP contribution in [0.4, 0.5) is 13.2 Å². The highest BCUT2D eigenvalue weighted by Gasteiger charge is 2.20. The van der Waals surface area contributed by atoms with E-state index in [0.717, 1.165) is 17.7 Å². The Morgan fingerprint density at radius 3 is 2.24 bits per heavy atom. The van der Waals surface area contributed by atoms with E-state index in [1.165, 1.54) is 12.8 Å². The van der Waals surface area contributed by atoms with Crippen molar-refractivity contribution in [3.8, 4) is 11.1 Å². The van der Waals surface area contributed by atoms with Gasteiger partial charge in [-0.3, -0.25) is 0 Å². The molecular weight excluding hydrogens is 299 g/mol. The third-order valence-electron chi connectivity index (χ3n) is 3.53. The number of hydrogen-bond donors (Lipinski definition) is 1. The third kappa shape index (κ3) is 3.22. The van der Waals surface area contributed by atoms with Crippen molar-refractivity contribution in [1.29, 1.82) is 0 Å². The standard InChI is InChI=1S/C16H13ClF3N/c17-13-5-9(1-2-10(13)8-21-12-3-4-12)11-6-14(18)16(20)15(19)7-11/h1-2,5-7,12,21H,3-4,8H2. The lowest BCUT2D eigenvalue weighted by molar-refractivity contribution is 0.448. The molecule has 0 bridgehead atoms. The number of benzene rings is 2. The summed E-state index contributed by atoms with van der Waals surface area (Å²) in [4.78, 5) is 0. The van der Waals surface area contributed by atoms with Crippen molar-refractivity contribution in [1.82, 2.24) is 5.32 Å². The van der Waals surface area contributed by atoms with Crippen LogP contribution >= 0.6 is 11.6 Å². The van der Waals surface area contributed by atoms with E-state index >= 15 is 0 Å². The molecule has 1 aliphatic carbocycles.